The minimum absolute atomic E-state index is 0.00350. The normalized spacial score (nSPS) is 12.2. The van der Waals surface area contributed by atoms with Gasteiger partial charge in [-0.05, 0) is 42.3 Å². The van der Waals surface area contributed by atoms with Gasteiger partial charge in [-0.2, -0.15) is 11.3 Å². The maximum atomic E-state index is 12.0. The van der Waals surface area contributed by atoms with Gasteiger partial charge in [0.15, 0.2) is 0 Å². The van der Waals surface area contributed by atoms with Crippen LogP contribution in [0.15, 0.2) is 35.0 Å². The molecule has 0 aliphatic rings. The van der Waals surface area contributed by atoms with E-state index >= 15 is 0 Å². The average Bonchev–Trinajstić information content (AvgIpc) is 2.98. The number of amides is 1. The molecule has 5 nitrogen and oxygen atoms in total. The van der Waals surface area contributed by atoms with Crippen LogP contribution in [0.3, 0.4) is 0 Å². The molecule has 0 aliphatic carbocycles. The topological polar surface area (TPSA) is 71.5 Å². The zero-order valence-electron chi connectivity index (χ0n) is 11.9. The summed E-state index contributed by atoms with van der Waals surface area (Å²) in [5.74, 6) is 0.0783. The molecule has 2 rings (SSSR count). The molecule has 112 valence electrons. The summed E-state index contributed by atoms with van der Waals surface area (Å²) in [6.45, 7) is 3.93. The van der Waals surface area contributed by atoms with Crippen LogP contribution in [0.2, 0.25) is 0 Å². The number of nitrogens with one attached hydrogen (secondary N) is 1. The maximum Gasteiger partial charge on any atom is 0.270 e. The van der Waals surface area contributed by atoms with Crippen LogP contribution in [0.25, 0.3) is 0 Å². The number of aromatic nitrogens is 1. The van der Waals surface area contributed by atoms with E-state index in [9.17, 15) is 9.90 Å². The molecule has 0 saturated heterocycles. The lowest BCUT2D eigenvalue weighted by Crippen LogP contribution is -2.29. The number of hydrogen-bond acceptors (Lipinski definition) is 5. The molecule has 0 spiro atoms. The van der Waals surface area contributed by atoms with Crippen molar-refractivity contribution in [1.29, 1.82) is 0 Å². The Labute approximate surface area is 127 Å². The largest absolute Gasteiger partial charge is 0.475 e. The zero-order valence-corrected chi connectivity index (χ0v) is 12.8. The minimum Gasteiger partial charge on any atom is -0.475 e. The van der Waals surface area contributed by atoms with Crippen LogP contribution in [0.4, 0.5) is 0 Å². The van der Waals surface area contributed by atoms with Crippen molar-refractivity contribution in [2.45, 2.75) is 26.1 Å². The molecule has 2 N–H and O–H groups in total. The summed E-state index contributed by atoms with van der Waals surface area (Å²) in [5.41, 5.74) is 1.07. The second kappa shape index (κ2) is 7.19. The van der Waals surface area contributed by atoms with E-state index < -0.39 is 6.10 Å². The number of ether oxygens (including phenoxy) is 1. The number of aliphatic hydroxyl groups excluding tert-OH is 1. The summed E-state index contributed by atoms with van der Waals surface area (Å²) >= 11 is 1.50. The fraction of sp³-hybridized carbons (Fsp3) is 0.333. The molecule has 0 fully saturated rings. The van der Waals surface area contributed by atoms with Crippen molar-refractivity contribution in [3.63, 3.8) is 0 Å². The van der Waals surface area contributed by atoms with Crippen molar-refractivity contribution in [1.82, 2.24) is 10.3 Å². The zero-order chi connectivity index (χ0) is 15.2. The van der Waals surface area contributed by atoms with Crippen molar-refractivity contribution >= 4 is 17.2 Å². The summed E-state index contributed by atoms with van der Waals surface area (Å²) in [6.07, 6.45) is -0.716. The Morgan fingerprint density at radius 2 is 2.24 bits per heavy atom. The first-order valence-electron chi connectivity index (χ1n) is 6.68. The van der Waals surface area contributed by atoms with Gasteiger partial charge in [0.2, 0.25) is 5.88 Å². The predicted molar refractivity (Wildman–Crippen MR) is 81.6 cm³/mol. The van der Waals surface area contributed by atoms with E-state index in [1.807, 2.05) is 30.7 Å². The van der Waals surface area contributed by atoms with Gasteiger partial charge in [-0.15, -0.1) is 0 Å². The molecule has 2 aromatic heterocycles. The Balaban J connectivity index is 1.94. The first kappa shape index (κ1) is 15.5. The molecule has 0 bridgehead atoms. The quantitative estimate of drug-likeness (QED) is 0.859. The fourth-order valence-electron chi connectivity index (χ4n) is 1.71. The van der Waals surface area contributed by atoms with Crippen LogP contribution in [0.1, 0.15) is 36.0 Å². The molecular formula is C15H18N2O3S. The molecule has 0 radical (unpaired) electrons. The second-order valence-corrected chi connectivity index (χ2v) is 5.59. The first-order chi connectivity index (χ1) is 10.1. The molecule has 1 unspecified atom stereocenters. The third-order valence-corrected chi connectivity index (χ3v) is 3.40. The Morgan fingerprint density at radius 1 is 1.43 bits per heavy atom. The van der Waals surface area contributed by atoms with Gasteiger partial charge < -0.3 is 15.2 Å². The molecule has 1 amide bonds. The third-order valence-electron chi connectivity index (χ3n) is 2.70. The van der Waals surface area contributed by atoms with Crippen molar-refractivity contribution in [2.75, 3.05) is 6.54 Å². The average molecular weight is 306 g/mol. The van der Waals surface area contributed by atoms with E-state index in [2.05, 4.69) is 10.3 Å². The van der Waals surface area contributed by atoms with Crippen LogP contribution >= 0.6 is 11.3 Å². The van der Waals surface area contributed by atoms with Gasteiger partial charge in [-0.25, -0.2) is 4.98 Å². The molecule has 2 aromatic rings. The van der Waals surface area contributed by atoms with Crippen LogP contribution in [0, 0.1) is 0 Å². The van der Waals surface area contributed by atoms with Gasteiger partial charge in [0.05, 0.1) is 12.2 Å². The highest BCUT2D eigenvalue weighted by atomic mass is 32.1. The van der Waals surface area contributed by atoms with E-state index in [1.165, 1.54) is 11.3 Å². The highest BCUT2D eigenvalue weighted by Gasteiger charge is 2.13. The molecule has 1 atom stereocenters. The van der Waals surface area contributed by atoms with Gasteiger partial charge in [-0.3, -0.25) is 4.79 Å². The number of aliphatic hydroxyl groups is 1. The van der Waals surface area contributed by atoms with Gasteiger partial charge in [0, 0.05) is 12.6 Å². The second-order valence-electron chi connectivity index (χ2n) is 4.81. The third kappa shape index (κ3) is 4.54. The van der Waals surface area contributed by atoms with Crippen LogP contribution in [-0.4, -0.2) is 28.6 Å². The van der Waals surface area contributed by atoms with Crippen molar-refractivity contribution in [2.24, 2.45) is 0 Å². The number of nitrogens with zero attached hydrogens (tertiary/aromatic N) is 1. The number of carbonyl (C=O) groups is 1. The number of thiophene rings is 1. The van der Waals surface area contributed by atoms with Crippen LogP contribution in [-0.2, 0) is 0 Å². The lowest BCUT2D eigenvalue weighted by atomic mass is 10.2. The number of hydrogen-bond donors (Lipinski definition) is 2. The Hall–Kier alpha value is -1.92. The predicted octanol–water partition coefficient (Wildman–Crippen LogP) is 2.39. The highest BCUT2D eigenvalue weighted by Crippen LogP contribution is 2.15. The Bertz CT molecular complexity index is 584. The fourth-order valence-corrected chi connectivity index (χ4v) is 2.42. The van der Waals surface area contributed by atoms with Gasteiger partial charge >= 0.3 is 0 Å². The lowest BCUT2D eigenvalue weighted by molar-refractivity contribution is 0.0910. The Morgan fingerprint density at radius 3 is 2.90 bits per heavy atom. The van der Waals surface area contributed by atoms with Crippen molar-refractivity contribution in [3.8, 4) is 5.88 Å². The smallest absolute Gasteiger partial charge is 0.270 e. The summed E-state index contributed by atoms with van der Waals surface area (Å²) in [6, 6.07) is 6.86. The van der Waals surface area contributed by atoms with E-state index in [4.69, 9.17) is 4.74 Å². The summed E-state index contributed by atoms with van der Waals surface area (Å²) in [5, 5.41) is 16.3. The highest BCUT2D eigenvalue weighted by molar-refractivity contribution is 7.07. The van der Waals surface area contributed by atoms with Gasteiger partial charge in [0.1, 0.15) is 5.69 Å². The van der Waals surface area contributed by atoms with Crippen LogP contribution in [0.5, 0.6) is 5.88 Å². The SMILES string of the molecule is CC(C)Oc1cccc(C(=O)NCC(O)c2ccsc2)n1. The summed E-state index contributed by atoms with van der Waals surface area (Å²) in [4.78, 5) is 16.2. The number of pyridine rings is 1. The van der Waals surface area contributed by atoms with Gasteiger partial charge in [0.25, 0.3) is 5.91 Å². The van der Waals surface area contributed by atoms with Crippen LogP contribution < -0.4 is 10.1 Å². The molecule has 6 heteroatoms. The van der Waals surface area contributed by atoms with Gasteiger partial charge in [-0.1, -0.05) is 6.07 Å². The van der Waals surface area contributed by atoms with Crippen molar-refractivity contribution in [3.05, 3.63) is 46.3 Å². The standard InChI is InChI=1S/C15H18N2O3S/c1-10(2)20-14-5-3-4-12(17-14)15(19)16-8-13(18)11-6-7-21-9-11/h3-7,9-10,13,18H,8H2,1-2H3,(H,16,19). The molecule has 2 heterocycles. The first-order valence-corrected chi connectivity index (χ1v) is 7.62. The van der Waals surface area contributed by atoms with Crippen molar-refractivity contribution < 1.29 is 14.6 Å². The maximum absolute atomic E-state index is 12.0. The molecule has 0 aliphatic heterocycles. The lowest BCUT2D eigenvalue weighted by Gasteiger charge is -2.12. The molecule has 0 saturated carbocycles. The van der Waals surface area contributed by atoms with E-state index in [1.54, 1.807) is 18.2 Å². The molecular weight excluding hydrogens is 288 g/mol. The molecule has 0 aromatic carbocycles. The summed E-state index contributed by atoms with van der Waals surface area (Å²) < 4.78 is 5.45. The number of carbonyl (C=O) groups excluding carboxylic acids is 1. The number of rotatable bonds is 6. The van der Waals surface area contributed by atoms with E-state index in [0.29, 0.717) is 5.88 Å². The summed E-state index contributed by atoms with van der Waals surface area (Å²) in [7, 11) is 0. The molecule has 21 heavy (non-hydrogen) atoms. The minimum atomic E-state index is -0.713. The Kier molecular flexibility index (Phi) is 5.30. The van der Waals surface area contributed by atoms with E-state index in [-0.39, 0.29) is 24.2 Å². The monoisotopic (exact) mass is 306 g/mol. The van der Waals surface area contributed by atoms with E-state index in [0.717, 1.165) is 5.56 Å².